The van der Waals surface area contributed by atoms with E-state index in [1.165, 1.54) is 0 Å². The van der Waals surface area contributed by atoms with Gasteiger partial charge in [-0.05, 0) is 25.7 Å². The van der Waals surface area contributed by atoms with E-state index in [2.05, 4.69) is 29.7 Å². The Hall–Kier alpha value is -3.13. The van der Waals surface area contributed by atoms with Gasteiger partial charge >= 0.3 is 0 Å². The molecule has 4 aromatic rings. The molecule has 136 valence electrons. The summed E-state index contributed by atoms with van der Waals surface area (Å²) in [6.07, 6.45) is 8.47. The maximum absolute atomic E-state index is 9.76. The summed E-state index contributed by atoms with van der Waals surface area (Å²) in [5.41, 5.74) is 4.19. The van der Waals surface area contributed by atoms with E-state index in [1.54, 1.807) is 12.5 Å². The summed E-state index contributed by atoms with van der Waals surface area (Å²) in [4.78, 5) is 17.9. The lowest BCUT2D eigenvalue weighted by atomic mass is 9.93. The SMILES string of the molecule is OC1CCC(n2cnc3ncc(-c4ccc(-c5nc[nH]n5)cc4)nc32)CC1. The highest BCUT2D eigenvalue weighted by Gasteiger charge is 2.23. The van der Waals surface area contributed by atoms with Gasteiger partial charge in [-0.1, -0.05) is 24.3 Å². The van der Waals surface area contributed by atoms with Gasteiger partial charge in [0.1, 0.15) is 6.33 Å². The number of aromatic nitrogens is 7. The van der Waals surface area contributed by atoms with Crippen LogP contribution in [0.5, 0.6) is 0 Å². The highest BCUT2D eigenvalue weighted by molar-refractivity contribution is 5.72. The fraction of sp³-hybridized carbons (Fsp3) is 0.316. The van der Waals surface area contributed by atoms with Crippen molar-refractivity contribution >= 4 is 11.3 Å². The van der Waals surface area contributed by atoms with Crippen molar-refractivity contribution < 1.29 is 5.11 Å². The number of aliphatic hydroxyl groups is 1. The maximum atomic E-state index is 9.76. The van der Waals surface area contributed by atoms with E-state index >= 15 is 0 Å². The van der Waals surface area contributed by atoms with Crippen molar-refractivity contribution in [3.8, 4) is 22.6 Å². The molecule has 0 unspecified atom stereocenters. The van der Waals surface area contributed by atoms with Gasteiger partial charge in [-0.3, -0.25) is 5.10 Å². The highest BCUT2D eigenvalue weighted by Crippen LogP contribution is 2.31. The number of nitrogens with one attached hydrogen (secondary N) is 1. The van der Waals surface area contributed by atoms with Crippen molar-refractivity contribution in [2.24, 2.45) is 0 Å². The third-order valence-electron chi connectivity index (χ3n) is 5.20. The minimum atomic E-state index is -0.180. The summed E-state index contributed by atoms with van der Waals surface area (Å²) in [6.45, 7) is 0. The molecular formula is C19H19N7O. The van der Waals surface area contributed by atoms with Gasteiger partial charge in [-0.15, -0.1) is 0 Å². The van der Waals surface area contributed by atoms with E-state index < -0.39 is 0 Å². The van der Waals surface area contributed by atoms with Crippen LogP contribution in [0.4, 0.5) is 0 Å². The Balaban J connectivity index is 1.48. The van der Waals surface area contributed by atoms with Gasteiger partial charge in [-0.2, -0.15) is 5.10 Å². The van der Waals surface area contributed by atoms with Crippen LogP contribution in [0.15, 0.2) is 43.1 Å². The number of aromatic amines is 1. The molecule has 5 rings (SSSR count). The number of benzene rings is 1. The van der Waals surface area contributed by atoms with Crippen LogP contribution in [0.2, 0.25) is 0 Å². The van der Waals surface area contributed by atoms with Crippen molar-refractivity contribution in [3.63, 3.8) is 0 Å². The first-order chi connectivity index (χ1) is 13.3. The molecule has 3 heterocycles. The van der Waals surface area contributed by atoms with Crippen LogP contribution in [-0.2, 0) is 0 Å². The summed E-state index contributed by atoms with van der Waals surface area (Å²) in [5, 5.41) is 16.6. The molecule has 0 spiro atoms. The fourth-order valence-electron chi connectivity index (χ4n) is 3.69. The molecule has 1 aromatic carbocycles. The molecule has 0 amide bonds. The summed E-state index contributed by atoms with van der Waals surface area (Å²) in [6, 6.07) is 8.27. The Labute approximate surface area is 155 Å². The van der Waals surface area contributed by atoms with Gasteiger partial charge in [0.15, 0.2) is 17.1 Å². The van der Waals surface area contributed by atoms with Crippen LogP contribution in [0, 0.1) is 0 Å². The smallest absolute Gasteiger partial charge is 0.197 e. The molecule has 8 heteroatoms. The average Bonchev–Trinajstić information content (AvgIpc) is 3.38. The zero-order chi connectivity index (χ0) is 18.2. The molecule has 2 N–H and O–H groups in total. The summed E-state index contributed by atoms with van der Waals surface area (Å²) < 4.78 is 2.11. The van der Waals surface area contributed by atoms with Gasteiger partial charge in [0.05, 0.1) is 24.3 Å². The van der Waals surface area contributed by atoms with Gasteiger partial charge in [-0.25, -0.2) is 19.9 Å². The van der Waals surface area contributed by atoms with Crippen molar-refractivity contribution in [1.82, 2.24) is 34.7 Å². The first-order valence-electron chi connectivity index (χ1n) is 9.12. The first kappa shape index (κ1) is 16.1. The molecule has 0 bridgehead atoms. The van der Waals surface area contributed by atoms with Gasteiger partial charge in [0, 0.05) is 17.2 Å². The number of nitrogens with zero attached hydrogens (tertiary/aromatic N) is 6. The highest BCUT2D eigenvalue weighted by atomic mass is 16.3. The second-order valence-corrected chi connectivity index (χ2v) is 6.92. The molecule has 1 fully saturated rings. The molecule has 3 aromatic heterocycles. The number of hydrogen-bond donors (Lipinski definition) is 2. The number of H-pyrrole nitrogens is 1. The zero-order valence-corrected chi connectivity index (χ0v) is 14.7. The predicted molar refractivity (Wildman–Crippen MR) is 99.6 cm³/mol. The summed E-state index contributed by atoms with van der Waals surface area (Å²) >= 11 is 0. The van der Waals surface area contributed by atoms with E-state index in [9.17, 15) is 5.11 Å². The van der Waals surface area contributed by atoms with Crippen LogP contribution in [0.1, 0.15) is 31.7 Å². The lowest BCUT2D eigenvalue weighted by Crippen LogP contribution is -2.20. The quantitative estimate of drug-likeness (QED) is 0.581. The van der Waals surface area contributed by atoms with Gasteiger partial charge < -0.3 is 9.67 Å². The maximum Gasteiger partial charge on any atom is 0.197 e. The third-order valence-corrected chi connectivity index (χ3v) is 5.20. The molecule has 0 atom stereocenters. The van der Waals surface area contributed by atoms with E-state index in [0.717, 1.165) is 48.2 Å². The third kappa shape index (κ3) is 2.97. The Kier molecular flexibility index (Phi) is 3.90. The Morgan fingerprint density at radius 3 is 2.48 bits per heavy atom. The molecule has 1 aliphatic carbocycles. The molecule has 0 radical (unpaired) electrons. The minimum absolute atomic E-state index is 0.180. The van der Waals surface area contributed by atoms with Gasteiger partial charge in [0.2, 0.25) is 0 Å². The molecule has 27 heavy (non-hydrogen) atoms. The van der Waals surface area contributed by atoms with Crippen LogP contribution < -0.4 is 0 Å². The number of imidazole rings is 1. The molecular weight excluding hydrogens is 342 g/mol. The number of rotatable bonds is 3. The second kappa shape index (κ2) is 6.55. The van der Waals surface area contributed by atoms with Crippen LogP contribution in [0.25, 0.3) is 33.9 Å². The monoisotopic (exact) mass is 361 g/mol. The fourth-order valence-corrected chi connectivity index (χ4v) is 3.69. The number of fused-ring (bicyclic) bond motifs is 1. The number of hydrogen-bond acceptors (Lipinski definition) is 6. The van der Waals surface area contributed by atoms with E-state index in [-0.39, 0.29) is 6.10 Å². The Bertz CT molecular complexity index is 1050. The Morgan fingerprint density at radius 2 is 1.74 bits per heavy atom. The zero-order valence-electron chi connectivity index (χ0n) is 14.7. The summed E-state index contributed by atoms with van der Waals surface area (Å²) in [5.74, 6) is 0.667. The lowest BCUT2D eigenvalue weighted by Gasteiger charge is -2.26. The molecule has 1 aliphatic rings. The largest absolute Gasteiger partial charge is 0.393 e. The molecule has 1 saturated carbocycles. The normalized spacial score (nSPS) is 20.2. The van der Waals surface area contributed by atoms with Crippen LogP contribution >= 0.6 is 0 Å². The standard InChI is InChI=1S/C19H19N7O/c27-15-7-5-14(6-8-15)26-11-22-18-19(26)24-16(9-20-18)12-1-3-13(4-2-12)17-21-10-23-25-17/h1-4,9-11,14-15,27H,5-8H2,(H,21,23,25). The van der Waals surface area contributed by atoms with E-state index in [4.69, 9.17) is 4.98 Å². The van der Waals surface area contributed by atoms with Crippen LogP contribution in [0.3, 0.4) is 0 Å². The Morgan fingerprint density at radius 1 is 0.963 bits per heavy atom. The van der Waals surface area contributed by atoms with Crippen molar-refractivity contribution in [3.05, 3.63) is 43.1 Å². The van der Waals surface area contributed by atoms with Crippen LogP contribution in [-0.4, -0.2) is 45.9 Å². The van der Waals surface area contributed by atoms with Gasteiger partial charge in [0.25, 0.3) is 0 Å². The predicted octanol–water partition coefficient (Wildman–Crippen LogP) is 2.75. The van der Waals surface area contributed by atoms with Crippen molar-refractivity contribution in [2.75, 3.05) is 0 Å². The van der Waals surface area contributed by atoms with Crippen molar-refractivity contribution in [2.45, 2.75) is 37.8 Å². The van der Waals surface area contributed by atoms with Crippen molar-refractivity contribution in [1.29, 1.82) is 0 Å². The van der Waals surface area contributed by atoms with E-state index in [1.807, 2.05) is 30.6 Å². The minimum Gasteiger partial charge on any atom is -0.393 e. The lowest BCUT2D eigenvalue weighted by molar-refractivity contribution is 0.111. The number of aliphatic hydroxyl groups excluding tert-OH is 1. The summed E-state index contributed by atoms with van der Waals surface area (Å²) in [7, 11) is 0. The first-order valence-corrected chi connectivity index (χ1v) is 9.12. The molecule has 0 saturated heterocycles. The molecule has 0 aliphatic heterocycles. The topological polar surface area (TPSA) is 105 Å². The average molecular weight is 361 g/mol. The van der Waals surface area contributed by atoms with E-state index in [0.29, 0.717) is 17.5 Å². The second-order valence-electron chi connectivity index (χ2n) is 6.92. The molecule has 8 nitrogen and oxygen atoms in total.